The molecule has 0 atom stereocenters. The average molecular weight is 358 g/mol. The molecule has 0 fully saturated rings. The highest BCUT2D eigenvalue weighted by molar-refractivity contribution is 9.10. The number of aryl methyl sites for hydroxylation is 1. The van der Waals surface area contributed by atoms with Crippen LogP contribution in [0.5, 0.6) is 11.6 Å². The van der Waals surface area contributed by atoms with Crippen LogP contribution in [-0.4, -0.2) is 16.6 Å². The monoisotopic (exact) mass is 356 g/mol. The van der Waals surface area contributed by atoms with Crippen molar-refractivity contribution in [2.24, 2.45) is 0 Å². The van der Waals surface area contributed by atoms with E-state index in [0.29, 0.717) is 30.1 Å². The molecule has 0 unspecified atom stereocenters. The van der Waals surface area contributed by atoms with Gasteiger partial charge < -0.3 is 9.47 Å². The van der Waals surface area contributed by atoms with Gasteiger partial charge >= 0.3 is 0 Å². The Balaban J connectivity index is 2.24. The molecule has 0 spiro atoms. The van der Waals surface area contributed by atoms with Crippen molar-refractivity contribution in [3.05, 3.63) is 45.3 Å². The zero-order valence-corrected chi connectivity index (χ0v) is 13.5. The first-order valence-corrected chi connectivity index (χ1v) is 7.30. The van der Waals surface area contributed by atoms with Gasteiger partial charge in [-0.2, -0.15) is 4.98 Å². The summed E-state index contributed by atoms with van der Waals surface area (Å²) in [5, 5.41) is 0.331. The molecule has 0 aliphatic rings. The van der Waals surface area contributed by atoms with E-state index in [-0.39, 0.29) is 0 Å². The van der Waals surface area contributed by atoms with Gasteiger partial charge in [-0.15, -0.1) is 0 Å². The van der Waals surface area contributed by atoms with E-state index in [9.17, 15) is 0 Å². The van der Waals surface area contributed by atoms with Crippen molar-refractivity contribution >= 4 is 27.5 Å². The smallest absolute Gasteiger partial charge is 0.224 e. The van der Waals surface area contributed by atoms with Crippen LogP contribution < -0.4 is 4.74 Å². The van der Waals surface area contributed by atoms with Crippen LogP contribution in [0.15, 0.2) is 28.7 Å². The molecule has 2 aromatic rings. The summed E-state index contributed by atoms with van der Waals surface area (Å²) in [5.41, 5.74) is 1.01. The minimum absolute atomic E-state index is 0.310. The van der Waals surface area contributed by atoms with Crippen molar-refractivity contribution in [2.75, 3.05) is 6.61 Å². The lowest BCUT2D eigenvalue weighted by Crippen LogP contribution is -2.01. The second-order valence-corrected chi connectivity index (χ2v) is 5.40. The third kappa shape index (κ3) is 4.16. The number of aromatic nitrogens is 2. The number of ether oxygens (including phenoxy) is 2. The Hall–Kier alpha value is -1.17. The van der Waals surface area contributed by atoms with Gasteiger partial charge in [0.05, 0.1) is 0 Å². The fourth-order valence-electron chi connectivity index (χ4n) is 1.55. The van der Waals surface area contributed by atoms with Crippen LogP contribution in [-0.2, 0) is 11.3 Å². The quantitative estimate of drug-likeness (QED) is 0.737. The zero-order valence-electron chi connectivity index (χ0n) is 11.2. The molecule has 106 valence electrons. The van der Waals surface area contributed by atoms with Crippen molar-refractivity contribution < 1.29 is 9.47 Å². The molecular formula is C14H14BrClN2O2. The number of rotatable bonds is 5. The standard InChI is InChI=1S/C14H14BrClN2O2/c1-3-19-8-13-17-12(16)7-14(18-13)20-11-6-10(15)5-4-9(11)2/h4-7H,3,8H2,1-2H3. The molecule has 4 nitrogen and oxygen atoms in total. The molecule has 0 N–H and O–H groups in total. The number of hydrogen-bond donors (Lipinski definition) is 0. The van der Waals surface area contributed by atoms with Crippen molar-refractivity contribution in [1.82, 2.24) is 9.97 Å². The molecule has 20 heavy (non-hydrogen) atoms. The molecule has 0 bridgehead atoms. The van der Waals surface area contributed by atoms with Gasteiger partial charge in [0, 0.05) is 17.1 Å². The predicted molar refractivity (Wildman–Crippen MR) is 81.3 cm³/mol. The average Bonchev–Trinajstić information content (AvgIpc) is 2.40. The topological polar surface area (TPSA) is 44.2 Å². The highest BCUT2D eigenvalue weighted by atomic mass is 79.9. The Morgan fingerprint density at radius 1 is 1.25 bits per heavy atom. The molecule has 0 radical (unpaired) electrons. The van der Waals surface area contributed by atoms with Gasteiger partial charge in [-0.3, -0.25) is 0 Å². The van der Waals surface area contributed by atoms with Crippen LogP contribution in [0, 0.1) is 6.92 Å². The maximum absolute atomic E-state index is 5.97. The first kappa shape index (κ1) is 15.2. The lowest BCUT2D eigenvalue weighted by atomic mass is 10.2. The van der Waals surface area contributed by atoms with E-state index in [1.165, 1.54) is 0 Å². The largest absolute Gasteiger partial charge is 0.439 e. The van der Waals surface area contributed by atoms with E-state index in [0.717, 1.165) is 15.8 Å². The van der Waals surface area contributed by atoms with Crippen LogP contribution >= 0.6 is 27.5 Å². The molecule has 1 heterocycles. The minimum atomic E-state index is 0.310. The molecule has 1 aromatic carbocycles. The van der Waals surface area contributed by atoms with E-state index in [1.807, 2.05) is 32.0 Å². The molecule has 0 aliphatic carbocycles. The molecule has 0 saturated heterocycles. The molecule has 0 aliphatic heterocycles. The highest BCUT2D eigenvalue weighted by Gasteiger charge is 2.08. The van der Waals surface area contributed by atoms with Crippen LogP contribution in [0.25, 0.3) is 0 Å². The highest BCUT2D eigenvalue weighted by Crippen LogP contribution is 2.28. The second-order valence-electron chi connectivity index (χ2n) is 4.09. The SMILES string of the molecule is CCOCc1nc(Cl)cc(Oc2cc(Br)ccc2C)n1. The maximum atomic E-state index is 5.97. The van der Waals surface area contributed by atoms with Gasteiger partial charge in [-0.25, -0.2) is 4.98 Å². The molecular weight excluding hydrogens is 344 g/mol. The fourth-order valence-corrected chi connectivity index (χ4v) is 2.08. The summed E-state index contributed by atoms with van der Waals surface area (Å²) in [7, 11) is 0. The third-order valence-corrected chi connectivity index (χ3v) is 3.20. The van der Waals surface area contributed by atoms with E-state index < -0.39 is 0 Å². The summed E-state index contributed by atoms with van der Waals surface area (Å²) in [6, 6.07) is 7.38. The van der Waals surface area contributed by atoms with Gasteiger partial charge in [0.1, 0.15) is 17.5 Å². The van der Waals surface area contributed by atoms with E-state index >= 15 is 0 Å². The molecule has 0 amide bonds. The van der Waals surface area contributed by atoms with E-state index in [1.54, 1.807) is 6.07 Å². The third-order valence-electron chi connectivity index (χ3n) is 2.52. The van der Waals surface area contributed by atoms with Crippen molar-refractivity contribution in [3.8, 4) is 11.6 Å². The number of hydrogen-bond acceptors (Lipinski definition) is 4. The summed E-state index contributed by atoms with van der Waals surface area (Å²) < 4.78 is 12.0. The summed E-state index contributed by atoms with van der Waals surface area (Å²) in [5.74, 6) is 1.62. The predicted octanol–water partition coefficient (Wildman–Crippen LogP) is 4.53. The van der Waals surface area contributed by atoms with Crippen LogP contribution in [0.1, 0.15) is 18.3 Å². The van der Waals surface area contributed by atoms with Crippen LogP contribution in [0.2, 0.25) is 5.15 Å². The van der Waals surface area contributed by atoms with Crippen molar-refractivity contribution in [3.63, 3.8) is 0 Å². The second kappa shape index (κ2) is 7.02. The normalized spacial score (nSPS) is 10.6. The Morgan fingerprint density at radius 3 is 2.80 bits per heavy atom. The molecule has 1 aromatic heterocycles. The van der Waals surface area contributed by atoms with Gasteiger partial charge in [0.15, 0.2) is 5.82 Å². The molecule has 6 heteroatoms. The van der Waals surface area contributed by atoms with Crippen molar-refractivity contribution in [1.29, 1.82) is 0 Å². The van der Waals surface area contributed by atoms with Crippen LogP contribution in [0.4, 0.5) is 0 Å². The first-order chi connectivity index (χ1) is 9.58. The summed E-state index contributed by atoms with van der Waals surface area (Å²) in [6.07, 6.45) is 0. The minimum Gasteiger partial charge on any atom is -0.439 e. The Labute approximate surface area is 131 Å². The van der Waals surface area contributed by atoms with E-state index in [4.69, 9.17) is 21.1 Å². The van der Waals surface area contributed by atoms with Gasteiger partial charge in [-0.1, -0.05) is 33.6 Å². The summed E-state index contributed by atoms with van der Waals surface area (Å²) >= 11 is 9.38. The number of halogens is 2. The zero-order chi connectivity index (χ0) is 14.5. The fraction of sp³-hybridized carbons (Fsp3) is 0.286. The molecule has 0 saturated carbocycles. The summed E-state index contributed by atoms with van der Waals surface area (Å²) in [4.78, 5) is 8.37. The Morgan fingerprint density at radius 2 is 2.05 bits per heavy atom. The van der Waals surface area contributed by atoms with Gasteiger partial charge in [-0.05, 0) is 31.5 Å². The first-order valence-electron chi connectivity index (χ1n) is 6.13. The van der Waals surface area contributed by atoms with Crippen LogP contribution in [0.3, 0.4) is 0 Å². The number of nitrogens with zero attached hydrogens (tertiary/aromatic N) is 2. The van der Waals surface area contributed by atoms with E-state index in [2.05, 4.69) is 25.9 Å². The number of benzene rings is 1. The van der Waals surface area contributed by atoms with Gasteiger partial charge in [0.25, 0.3) is 0 Å². The molecule has 2 rings (SSSR count). The lowest BCUT2D eigenvalue weighted by Gasteiger charge is -2.09. The Bertz CT molecular complexity index is 608. The summed E-state index contributed by atoms with van der Waals surface area (Å²) in [6.45, 7) is 4.78. The lowest BCUT2D eigenvalue weighted by molar-refractivity contribution is 0.128. The van der Waals surface area contributed by atoms with Gasteiger partial charge in [0.2, 0.25) is 5.88 Å². The maximum Gasteiger partial charge on any atom is 0.224 e. The Kier molecular flexibility index (Phi) is 5.34. The van der Waals surface area contributed by atoms with Crippen molar-refractivity contribution in [2.45, 2.75) is 20.5 Å².